The second kappa shape index (κ2) is 7.62. The van der Waals surface area contributed by atoms with E-state index in [0.29, 0.717) is 33.4 Å². The molecule has 34 heavy (non-hydrogen) atoms. The highest BCUT2D eigenvalue weighted by Gasteiger charge is 2.36. The van der Waals surface area contributed by atoms with Crippen molar-refractivity contribution in [1.82, 2.24) is 29.6 Å². The lowest BCUT2D eigenvalue weighted by Gasteiger charge is -2.32. The van der Waals surface area contributed by atoms with E-state index in [-0.39, 0.29) is 24.6 Å². The Kier molecular flexibility index (Phi) is 4.93. The molecule has 0 saturated carbocycles. The highest BCUT2D eigenvalue weighted by molar-refractivity contribution is 6.10. The van der Waals surface area contributed by atoms with E-state index in [9.17, 15) is 18.0 Å². The molecule has 1 amide bonds. The summed E-state index contributed by atoms with van der Waals surface area (Å²) in [6.45, 7) is 1.89. The molecule has 4 aromatic heterocycles. The quantitative estimate of drug-likeness (QED) is 0.478. The Morgan fingerprint density at radius 3 is 2.79 bits per heavy atom. The van der Waals surface area contributed by atoms with Crippen molar-refractivity contribution in [3.05, 3.63) is 52.7 Å². The second-order valence-corrected chi connectivity index (χ2v) is 8.19. The second-order valence-electron chi connectivity index (χ2n) is 8.19. The lowest BCUT2D eigenvalue weighted by atomic mass is 10.0. The standard InChI is InChI=1S/C22H20F3N7O2/c1-10-18-19(32(3)30-10)12-6-13(27-7-14(12)29-20(18)26)21(33)31(2)16-9-34-8-15-11(16)4-5-17(28-15)22(23,24)25/h4-7,16H,8-9H2,1-3H3,(H2,26,29)/t16-/m1/s1. The summed E-state index contributed by atoms with van der Waals surface area (Å²) in [5, 5.41) is 5.78. The van der Waals surface area contributed by atoms with Gasteiger partial charge in [-0.2, -0.15) is 18.3 Å². The zero-order chi connectivity index (χ0) is 24.4. The maximum Gasteiger partial charge on any atom is 0.433 e. The average molecular weight is 471 g/mol. The van der Waals surface area contributed by atoms with E-state index in [1.54, 1.807) is 24.8 Å². The minimum atomic E-state index is -4.56. The van der Waals surface area contributed by atoms with Crippen LogP contribution in [0.1, 0.15) is 39.2 Å². The topological polar surface area (TPSA) is 112 Å². The monoisotopic (exact) mass is 471 g/mol. The van der Waals surface area contributed by atoms with Crippen LogP contribution in [0.15, 0.2) is 24.4 Å². The van der Waals surface area contributed by atoms with Crippen LogP contribution in [0.4, 0.5) is 19.0 Å². The van der Waals surface area contributed by atoms with Crippen molar-refractivity contribution in [2.24, 2.45) is 7.05 Å². The van der Waals surface area contributed by atoms with Crippen LogP contribution in [-0.4, -0.2) is 49.2 Å². The molecule has 0 saturated heterocycles. The van der Waals surface area contributed by atoms with E-state index in [4.69, 9.17) is 10.5 Å². The van der Waals surface area contributed by atoms with Crippen LogP contribution in [0, 0.1) is 6.92 Å². The van der Waals surface area contributed by atoms with Gasteiger partial charge in [-0.15, -0.1) is 0 Å². The van der Waals surface area contributed by atoms with Crippen molar-refractivity contribution in [1.29, 1.82) is 0 Å². The first-order chi connectivity index (χ1) is 16.1. The maximum atomic E-state index is 13.4. The summed E-state index contributed by atoms with van der Waals surface area (Å²) in [4.78, 5) is 27.1. The Labute approximate surface area is 191 Å². The molecule has 5 rings (SSSR count). The molecule has 0 spiro atoms. The Balaban J connectivity index is 1.54. The summed E-state index contributed by atoms with van der Waals surface area (Å²) in [6, 6.07) is 3.28. The number of amides is 1. The molecule has 1 aliphatic rings. The Morgan fingerprint density at radius 1 is 1.29 bits per heavy atom. The molecule has 0 fully saturated rings. The van der Waals surface area contributed by atoms with Crippen molar-refractivity contribution in [2.45, 2.75) is 25.7 Å². The van der Waals surface area contributed by atoms with Gasteiger partial charge in [-0.1, -0.05) is 6.07 Å². The maximum absolute atomic E-state index is 13.4. The van der Waals surface area contributed by atoms with Gasteiger partial charge in [-0.05, 0) is 19.1 Å². The van der Waals surface area contributed by atoms with Crippen molar-refractivity contribution in [3.63, 3.8) is 0 Å². The van der Waals surface area contributed by atoms with Crippen molar-refractivity contribution < 1.29 is 22.7 Å². The zero-order valence-electron chi connectivity index (χ0n) is 18.5. The van der Waals surface area contributed by atoms with Crippen LogP contribution in [0.3, 0.4) is 0 Å². The molecule has 9 nitrogen and oxygen atoms in total. The summed E-state index contributed by atoms with van der Waals surface area (Å²) < 4.78 is 46.3. The van der Waals surface area contributed by atoms with Gasteiger partial charge in [0.05, 0.1) is 53.3 Å². The highest BCUT2D eigenvalue weighted by atomic mass is 19.4. The number of halogens is 3. The first-order valence-corrected chi connectivity index (χ1v) is 10.4. The summed E-state index contributed by atoms with van der Waals surface area (Å²) >= 11 is 0. The fourth-order valence-electron chi connectivity index (χ4n) is 4.39. The molecular formula is C22H20F3N7O2. The van der Waals surface area contributed by atoms with Gasteiger partial charge in [0.15, 0.2) is 0 Å². The number of nitrogens with zero attached hydrogens (tertiary/aromatic N) is 6. The van der Waals surface area contributed by atoms with Gasteiger partial charge in [0.1, 0.15) is 17.2 Å². The number of nitrogens with two attached hydrogens (primary N) is 1. The Hall–Kier alpha value is -3.80. The molecule has 176 valence electrons. The number of likely N-dealkylation sites (N-methyl/N-ethyl adjacent to an activating group) is 1. The van der Waals surface area contributed by atoms with Gasteiger partial charge in [-0.3, -0.25) is 9.48 Å². The Morgan fingerprint density at radius 2 is 2.06 bits per heavy atom. The van der Waals surface area contributed by atoms with Crippen LogP contribution in [0.25, 0.3) is 21.8 Å². The zero-order valence-corrected chi connectivity index (χ0v) is 18.5. The van der Waals surface area contributed by atoms with Gasteiger partial charge in [0, 0.05) is 25.0 Å². The molecule has 0 aromatic carbocycles. The summed E-state index contributed by atoms with van der Waals surface area (Å²) in [6.07, 6.45) is -3.09. The number of aromatic nitrogens is 5. The van der Waals surface area contributed by atoms with E-state index in [2.05, 4.69) is 20.1 Å². The van der Waals surface area contributed by atoms with Crippen molar-refractivity contribution in [2.75, 3.05) is 19.4 Å². The number of hydrogen-bond acceptors (Lipinski definition) is 7. The number of carbonyl (C=O) groups is 1. The van der Waals surface area contributed by atoms with E-state index in [1.807, 2.05) is 6.92 Å². The number of alkyl halides is 3. The SMILES string of the molecule is Cc1nn(C)c2c1c(N)nc1cnc(C(=O)N(C)[C@@H]3COCc4nc(C(F)(F)F)ccc43)cc12. The lowest BCUT2D eigenvalue weighted by Crippen LogP contribution is -2.37. The van der Waals surface area contributed by atoms with Gasteiger partial charge in [-0.25, -0.2) is 15.0 Å². The molecule has 1 atom stereocenters. The van der Waals surface area contributed by atoms with E-state index in [1.165, 1.54) is 17.2 Å². The van der Waals surface area contributed by atoms with E-state index >= 15 is 0 Å². The number of ether oxygens (including phenoxy) is 1. The smallest absolute Gasteiger partial charge is 0.383 e. The number of rotatable bonds is 2. The Bertz CT molecular complexity index is 1460. The predicted octanol–water partition coefficient (Wildman–Crippen LogP) is 3.16. The number of carbonyl (C=O) groups excluding carboxylic acids is 1. The fourth-order valence-corrected chi connectivity index (χ4v) is 4.39. The van der Waals surface area contributed by atoms with Crippen LogP contribution in [0.5, 0.6) is 0 Å². The predicted molar refractivity (Wildman–Crippen MR) is 117 cm³/mol. The molecule has 0 unspecified atom stereocenters. The number of pyridine rings is 3. The van der Waals surface area contributed by atoms with Crippen molar-refractivity contribution in [3.8, 4) is 0 Å². The minimum absolute atomic E-state index is 0.0586. The normalized spacial score (nSPS) is 16.1. The molecule has 2 N–H and O–H groups in total. The summed E-state index contributed by atoms with van der Waals surface area (Å²) in [5.41, 5.74) is 7.88. The molecule has 4 aromatic rings. The average Bonchev–Trinajstić information content (AvgIpc) is 3.11. The largest absolute Gasteiger partial charge is 0.433 e. The third kappa shape index (κ3) is 3.41. The first kappa shape index (κ1) is 22.0. The molecule has 0 radical (unpaired) electrons. The number of fused-ring (bicyclic) bond motifs is 4. The fraction of sp³-hybridized carbons (Fsp3) is 0.318. The molecule has 5 heterocycles. The van der Waals surface area contributed by atoms with E-state index < -0.39 is 23.8 Å². The molecule has 0 bridgehead atoms. The number of aryl methyl sites for hydroxylation is 2. The lowest BCUT2D eigenvalue weighted by molar-refractivity contribution is -0.141. The van der Waals surface area contributed by atoms with Crippen molar-refractivity contribution >= 4 is 33.5 Å². The van der Waals surface area contributed by atoms with Gasteiger partial charge >= 0.3 is 6.18 Å². The van der Waals surface area contributed by atoms with Crippen LogP contribution < -0.4 is 5.73 Å². The number of anilines is 1. The molecule has 0 aliphatic carbocycles. The van der Waals surface area contributed by atoms with Gasteiger partial charge in [0.2, 0.25) is 0 Å². The molecule has 12 heteroatoms. The summed E-state index contributed by atoms with van der Waals surface area (Å²) in [7, 11) is 3.33. The number of hydrogen-bond donors (Lipinski definition) is 1. The minimum Gasteiger partial charge on any atom is -0.383 e. The van der Waals surface area contributed by atoms with Crippen LogP contribution >= 0.6 is 0 Å². The first-order valence-electron chi connectivity index (χ1n) is 10.4. The third-order valence-corrected chi connectivity index (χ3v) is 6.04. The summed E-state index contributed by atoms with van der Waals surface area (Å²) in [5.74, 6) is -0.0973. The van der Waals surface area contributed by atoms with Gasteiger partial charge < -0.3 is 15.4 Å². The molecular weight excluding hydrogens is 451 g/mol. The highest BCUT2D eigenvalue weighted by Crippen LogP contribution is 2.34. The number of nitrogen functional groups attached to an aromatic ring is 1. The third-order valence-electron chi connectivity index (χ3n) is 6.04. The molecule has 1 aliphatic heterocycles. The van der Waals surface area contributed by atoms with Crippen LogP contribution in [0.2, 0.25) is 0 Å². The van der Waals surface area contributed by atoms with E-state index in [0.717, 1.165) is 11.6 Å². The van der Waals surface area contributed by atoms with Gasteiger partial charge in [0.25, 0.3) is 5.91 Å². The van der Waals surface area contributed by atoms with Crippen LogP contribution in [-0.2, 0) is 24.6 Å².